The quantitative estimate of drug-likeness (QED) is 0.204. The number of benzene rings is 3. The highest BCUT2D eigenvalue weighted by Gasteiger charge is 2.16. The Labute approximate surface area is 220 Å². The van der Waals surface area contributed by atoms with Crippen LogP contribution in [0.1, 0.15) is 18.1 Å². The number of hydrogen-bond donors (Lipinski definition) is 1. The standard InChI is InChI=1S/C28H25ClN2O6/c1-3-35-26(32)18-37-27-24(29)14-20(15-25(27)34-2)13-21(16-30)28(33)31-22-9-11-23(12-10-22)36-17-19-7-5-4-6-8-19/h4-15H,3,17-18H2,1-2H3,(H,31,33)/b21-13+. The van der Waals surface area contributed by atoms with E-state index in [2.05, 4.69) is 5.32 Å². The van der Waals surface area contributed by atoms with Crippen molar-refractivity contribution in [1.29, 1.82) is 5.26 Å². The van der Waals surface area contributed by atoms with E-state index in [0.717, 1.165) is 5.56 Å². The number of methoxy groups -OCH3 is 1. The fourth-order valence-corrected chi connectivity index (χ4v) is 3.46. The van der Waals surface area contributed by atoms with Crippen LogP contribution in [0.2, 0.25) is 5.02 Å². The zero-order valence-corrected chi connectivity index (χ0v) is 21.1. The minimum atomic E-state index is -0.599. The Hall–Kier alpha value is -4.48. The van der Waals surface area contributed by atoms with Crippen molar-refractivity contribution in [2.45, 2.75) is 13.5 Å². The first-order chi connectivity index (χ1) is 17.9. The molecule has 0 bridgehead atoms. The molecule has 3 aromatic rings. The maximum atomic E-state index is 12.7. The molecule has 0 aliphatic carbocycles. The summed E-state index contributed by atoms with van der Waals surface area (Å²) in [4.78, 5) is 24.3. The Morgan fingerprint density at radius 3 is 2.43 bits per heavy atom. The molecule has 0 heterocycles. The minimum Gasteiger partial charge on any atom is -0.493 e. The molecule has 0 aliphatic rings. The second-order valence-electron chi connectivity index (χ2n) is 7.55. The van der Waals surface area contributed by atoms with Gasteiger partial charge >= 0.3 is 5.97 Å². The van der Waals surface area contributed by atoms with Gasteiger partial charge in [-0.05, 0) is 60.5 Å². The number of carbonyl (C=O) groups excluding carboxylic acids is 2. The van der Waals surface area contributed by atoms with Gasteiger partial charge in [-0.25, -0.2) is 4.79 Å². The predicted octanol–water partition coefficient (Wildman–Crippen LogP) is 5.42. The second kappa shape index (κ2) is 13.6. The van der Waals surface area contributed by atoms with Crippen LogP contribution in [-0.4, -0.2) is 32.2 Å². The van der Waals surface area contributed by atoms with Crippen molar-refractivity contribution in [2.75, 3.05) is 25.6 Å². The number of nitriles is 1. The Kier molecular flexibility index (Phi) is 9.94. The third kappa shape index (κ3) is 8.02. The normalized spacial score (nSPS) is 10.7. The van der Waals surface area contributed by atoms with Crippen LogP contribution < -0.4 is 19.5 Å². The van der Waals surface area contributed by atoms with E-state index >= 15 is 0 Å². The predicted molar refractivity (Wildman–Crippen MR) is 140 cm³/mol. The van der Waals surface area contributed by atoms with Crippen molar-refractivity contribution in [3.8, 4) is 23.3 Å². The number of carbonyl (C=O) groups is 2. The maximum Gasteiger partial charge on any atom is 0.344 e. The maximum absolute atomic E-state index is 12.7. The van der Waals surface area contributed by atoms with Crippen molar-refractivity contribution in [1.82, 2.24) is 0 Å². The zero-order valence-electron chi connectivity index (χ0n) is 20.3. The summed E-state index contributed by atoms with van der Waals surface area (Å²) in [7, 11) is 1.40. The minimum absolute atomic E-state index is 0.138. The molecule has 9 heteroatoms. The van der Waals surface area contributed by atoms with Crippen molar-refractivity contribution < 1.29 is 28.5 Å². The van der Waals surface area contributed by atoms with Crippen LogP contribution >= 0.6 is 11.6 Å². The van der Waals surface area contributed by atoms with Crippen molar-refractivity contribution in [3.63, 3.8) is 0 Å². The highest BCUT2D eigenvalue weighted by molar-refractivity contribution is 6.32. The smallest absolute Gasteiger partial charge is 0.344 e. The van der Waals surface area contributed by atoms with Gasteiger partial charge in [0, 0.05) is 5.69 Å². The summed E-state index contributed by atoms with van der Waals surface area (Å²) in [5, 5.41) is 12.4. The number of rotatable bonds is 11. The van der Waals surface area contributed by atoms with Gasteiger partial charge in [-0.3, -0.25) is 4.79 Å². The summed E-state index contributed by atoms with van der Waals surface area (Å²) in [6.45, 7) is 1.99. The molecule has 3 aromatic carbocycles. The van der Waals surface area contributed by atoms with Crippen molar-refractivity contribution in [2.24, 2.45) is 0 Å². The molecule has 0 radical (unpaired) electrons. The largest absolute Gasteiger partial charge is 0.493 e. The molecule has 0 atom stereocenters. The van der Waals surface area contributed by atoms with Gasteiger partial charge in [-0.2, -0.15) is 5.26 Å². The highest BCUT2D eigenvalue weighted by Crippen LogP contribution is 2.37. The Bertz CT molecular complexity index is 1300. The topological polar surface area (TPSA) is 107 Å². The van der Waals surface area contributed by atoms with Crippen LogP contribution in [0.25, 0.3) is 6.08 Å². The summed E-state index contributed by atoms with van der Waals surface area (Å²) >= 11 is 6.31. The number of nitrogens with zero attached hydrogens (tertiary/aromatic N) is 1. The van der Waals surface area contributed by atoms with Gasteiger partial charge in [0.15, 0.2) is 18.1 Å². The van der Waals surface area contributed by atoms with Crippen LogP contribution in [0.5, 0.6) is 17.2 Å². The molecule has 190 valence electrons. The average molecular weight is 521 g/mol. The molecule has 37 heavy (non-hydrogen) atoms. The number of hydrogen-bond acceptors (Lipinski definition) is 7. The third-order valence-corrected chi connectivity index (χ3v) is 5.21. The molecule has 1 N–H and O–H groups in total. The molecule has 8 nitrogen and oxygen atoms in total. The molecule has 0 unspecified atom stereocenters. The highest BCUT2D eigenvalue weighted by atomic mass is 35.5. The van der Waals surface area contributed by atoms with E-state index in [1.165, 1.54) is 25.3 Å². The Morgan fingerprint density at radius 2 is 1.78 bits per heavy atom. The lowest BCUT2D eigenvalue weighted by Gasteiger charge is -2.13. The van der Waals surface area contributed by atoms with E-state index < -0.39 is 11.9 Å². The van der Waals surface area contributed by atoms with Gasteiger partial charge in [-0.15, -0.1) is 0 Å². The van der Waals surface area contributed by atoms with E-state index in [1.54, 1.807) is 31.2 Å². The monoisotopic (exact) mass is 520 g/mol. The van der Waals surface area contributed by atoms with Crippen LogP contribution in [0, 0.1) is 11.3 Å². The Balaban J connectivity index is 1.67. The van der Waals surface area contributed by atoms with Crippen LogP contribution in [0.3, 0.4) is 0 Å². The first-order valence-corrected chi connectivity index (χ1v) is 11.7. The lowest BCUT2D eigenvalue weighted by atomic mass is 10.1. The van der Waals surface area contributed by atoms with Gasteiger partial charge in [0.05, 0.1) is 18.7 Å². The van der Waals surface area contributed by atoms with Gasteiger partial charge < -0.3 is 24.3 Å². The average Bonchev–Trinajstić information content (AvgIpc) is 2.91. The lowest BCUT2D eigenvalue weighted by Crippen LogP contribution is -2.15. The number of ether oxygens (including phenoxy) is 4. The van der Waals surface area contributed by atoms with Gasteiger partial charge in [0.25, 0.3) is 5.91 Å². The van der Waals surface area contributed by atoms with Gasteiger partial charge in [-0.1, -0.05) is 41.9 Å². The number of esters is 1. The molecular formula is C28H25ClN2O6. The molecule has 0 saturated carbocycles. The summed E-state index contributed by atoms with van der Waals surface area (Å²) < 4.78 is 21.3. The first kappa shape index (κ1) is 27.1. The van der Waals surface area contributed by atoms with E-state index in [1.807, 2.05) is 36.4 Å². The van der Waals surface area contributed by atoms with E-state index in [4.69, 9.17) is 30.5 Å². The van der Waals surface area contributed by atoms with Gasteiger partial charge in [0.2, 0.25) is 0 Å². The molecule has 0 aromatic heterocycles. The fraction of sp³-hybridized carbons (Fsp3) is 0.179. The zero-order chi connectivity index (χ0) is 26.6. The van der Waals surface area contributed by atoms with E-state index in [-0.39, 0.29) is 35.3 Å². The summed E-state index contributed by atoms with van der Waals surface area (Å²) in [5.74, 6) is -0.134. The number of anilines is 1. The van der Waals surface area contributed by atoms with Crippen LogP contribution in [0.4, 0.5) is 5.69 Å². The van der Waals surface area contributed by atoms with Crippen molar-refractivity contribution >= 4 is 35.2 Å². The van der Waals surface area contributed by atoms with E-state index in [0.29, 0.717) is 23.6 Å². The van der Waals surface area contributed by atoms with Gasteiger partial charge in [0.1, 0.15) is 24.0 Å². The molecule has 3 rings (SSSR count). The molecule has 0 spiro atoms. The molecule has 0 aliphatic heterocycles. The second-order valence-corrected chi connectivity index (χ2v) is 7.96. The fourth-order valence-electron chi connectivity index (χ4n) is 3.19. The Morgan fingerprint density at radius 1 is 1.05 bits per heavy atom. The molecule has 0 fully saturated rings. The van der Waals surface area contributed by atoms with Crippen molar-refractivity contribution in [3.05, 3.63) is 88.5 Å². The number of nitrogens with one attached hydrogen (secondary N) is 1. The molecule has 1 amide bonds. The molecule has 0 saturated heterocycles. The van der Waals surface area contributed by atoms with Crippen LogP contribution in [0.15, 0.2) is 72.3 Å². The van der Waals surface area contributed by atoms with Crippen LogP contribution in [-0.2, 0) is 20.9 Å². The first-order valence-electron chi connectivity index (χ1n) is 11.3. The van der Waals surface area contributed by atoms with E-state index in [9.17, 15) is 14.9 Å². The summed E-state index contributed by atoms with van der Waals surface area (Å²) in [5.41, 5.74) is 1.82. The molecular weight excluding hydrogens is 496 g/mol. The summed E-state index contributed by atoms with van der Waals surface area (Å²) in [6.07, 6.45) is 1.37. The third-order valence-electron chi connectivity index (χ3n) is 4.93. The lowest BCUT2D eigenvalue weighted by molar-refractivity contribution is -0.145. The summed E-state index contributed by atoms with van der Waals surface area (Å²) in [6, 6.07) is 21.5. The number of amides is 1. The SMILES string of the molecule is CCOC(=O)COc1c(Cl)cc(/C=C(\C#N)C(=O)Nc2ccc(OCc3ccccc3)cc2)cc1OC. The number of halogens is 1.